The highest BCUT2D eigenvalue weighted by molar-refractivity contribution is 5.83. The van der Waals surface area contributed by atoms with Crippen LogP contribution in [0.2, 0.25) is 0 Å². The summed E-state index contributed by atoms with van der Waals surface area (Å²) in [6, 6.07) is 6.49. The molecular weight excluding hydrogens is 243 g/mol. The highest BCUT2D eigenvalue weighted by atomic mass is 19.1. The summed E-state index contributed by atoms with van der Waals surface area (Å²) in [4.78, 5) is 14.4. The van der Waals surface area contributed by atoms with Crippen LogP contribution in [0.4, 0.5) is 4.39 Å². The highest BCUT2D eigenvalue weighted by Crippen LogP contribution is 2.27. The van der Waals surface area contributed by atoms with Gasteiger partial charge in [0.25, 0.3) is 0 Å². The number of amides is 1. The van der Waals surface area contributed by atoms with Gasteiger partial charge < -0.3 is 10.6 Å². The number of hydrogen-bond acceptors (Lipinski definition) is 2. The van der Waals surface area contributed by atoms with Gasteiger partial charge in [-0.25, -0.2) is 4.39 Å². The fourth-order valence-electron chi connectivity index (χ4n) is 2.79. The average Bonchev–Trinajstić information content (AvgIpc) is 2.78. The van der Waals surface area contributed by atoms with Crippen LogP contribution in [0.3, 0.4) is 0 Å². The SMILES string of the molecule is CC(C(=O)N1CC(CN)CC1C)c1cccc(F)c1. The average molecular weight is 264 g/mol. The van der Waals surface area contributed by atoms with Crippen LogP contribution in [0.25, 0.3) is 0 Å². The van der Waals surface area contributed by atoms with Gasteiger partial charge in [0.1, 0.15) is 5.82 Å². The lowest BCUT2D eigenvalue weighted by atomic mass is 9.99. The van der Waals surface area contributed by atoms with Crippen LogP contribution in [0.15, 0.2) is 24.3 Å². The van der Waals surface area contributed by atoms with E-state index in [1.54, 1.807) is 12.1 Å². The maximum Gasteiger partial charge on any atom is 0.230 e. The molecule has 0 bridgehead atoms. The van der Waals surface area contributed by atoms with Crippen LogP contribution >= 0.6 is 0 Å². The summed E-state index contributed by atoms with van der Waals surface area (Å²) in [5.74, 6) is -0.158. The van der Waals surface area contributed by atoms with Crippen LogP contribution in [0, 0.1) is 11.7 Å². The predicted molar refractivity (Wildman–Crippen MR) is 73.2 cm³/mol. The molecule has 1 aromatic rings. The van der Waals surface area contributed by atoms with E-state index in [2.05, 4.69) is 0 Å². The summed E-state index contributed by atoms with van der Waals surface area (Å²) >= 11 is 0. The number of hydrogen-bond donors (Lipinski definition) is 1. The Morgan fingerprint density at radius 1 is 1.58 bits per heavy atom. The third kappa shape index (κ3) is 2.95. The molecule has 104 valence electrons. The normalized spacial score (nSPS) is 24.5. The number of likely N-dealkylation sites (tertiary alicyclic amines) is 1. The van der Waals surface area contributed by atoms with Gasteiger partial charge in [-0.3, -0.25) is 4.79 Å². The Balaban J connectivity index is 2.11. The molecule has 2 N–H and O–H groups in total. The summed E-state index contributed by atoms with van der Waals surface area (Å²) in [6.07, 6.45) is 0.956. The van der Waals surface area contributed by atoms with Crippen LogP contribution in [0.5, 0.6) is 0 Å². The van der Waals surface area contributed by atoms with Crippen molar-refractivity contribution in [3.8, 4) is 0 Å². The van der Waals surface area contributed by atoms with E-state index < -0.39 is 0 Å². The zero-order chi connectivity index (χ0) is 14.0. The Kier molecular flexibility index (Phi) is 4.20. The molecule has 0 radical (unpaired) electrons. The van der Waals surface area contributed by atoms with Crippen molar-refractivity contribution in [2.45, 2.75) is 32.2 Å². The Labute approximate surface area is 113 Å². The maximum atomic E-state index is 13.2. The van der Waals surface area contributed by atoms with Gasteiger partial charge in [0.2, 0.25) is 5.91 Å². The largest absolute Gasteiger partial charge is 0.339 e. The van der Waals surface area contributed by atoms with Gasteiger partial charge in [-0.2, -0.15) is 0 Å². The van der Waals surface area contributed by atoms with E-state index in [1.807, 2.05) is 18.7 Å². The summed E-state index contributed by atoms with van der Waals surface area (Å²) in [6.45, 7) is 5.21. The fraction of sp³-hybridized carbons (Fsp3) is 0.533. The van der Waals surface area contributed by atoms with E-state index in [4.69, 9.17) is 5.73 Å². The number of nitrogens with two attached hydrogens (primary N) is 1. The minimum Gasteiger partial charge on any atom is -0.339 e. The monoisotopic (exact) mass is 264 g/mol. The molecule has 3 atom stereocenters. The number of nitrogens with zero attached hydrogens (tertiary/aromatic N) is 1. The number of rotatable bonds is 3. The molecular formula is C15H21FN2O. The van der Waals surface area contributed by atoms with Crippen molar-refractivity contribution in [3.63, 3.8) is 0 Å². The molecule has 1 aromatic carbocycles. The Morgan fingerprint density at radius 2 is 2.32 bits per heavy atom. The number of halogens is 1. The lowest BCUT2D eigenvalue weighted by Gasteiger charge is -2.25. The second-order valence-electron chi connectivity index (χ2n) is 5.45. The first-order valence-corrected chi connectivity index (χ1v) is 6.79. The first kappa shape index (κ1) is 14.0. The zero-order valence-corrected chi connectivity index (χ0v) is 11.5. The highest BCUT2D eigenvalue weighted by Gasteiger charge is 2.34. The van der Waals surface area contributed by atoms with E-state index in [-0.39, 0.29) is 23.7 Å². The van der Waals surface area contributed by atoms with E-state index >= 15 is 0 Å². The van der Waals surface area contributed by atoms with E-state index in [9.17, 15) is 9.18 Å². The van der Waals surface area contributed by atoms with Crippen molar-refractivity contribution in [2.75, 3.05) is 13.1 Å². The maximum absolute atomic E-state index is 13.2. The molecule has 4 heteroatoms. The molecule has 1 aliphatic heterocycles. The molecule has 1 aliphatic rings. The first-order chi connectivity index (χ1) is 9.02. The molecule has 19 heavy (non-hydrogen) atoms. The molecule has 1 fully saturated rings. The van der Waals surface area contributed by atoms with Crippen LogP contribution in [-0.2, 0) is 4.79 Å². The topological polar surface area (TPSA) is 46.3 Å². The molecule has 1 amide bonds. The predicted octanol–water partition coefficient (Wildman–Crippen LogP) is 2.12. The molecule has 0 saturated carbocycles. The molecule has 0 aromatic heterocycles. The quantitative estimate of drug-likeness (QED) is 0.909. The summed E-state index contributed by atoms with van der Waals surface area (Å²) in [7, 11) is 0. The molecule has 2 rings (SSSR count). The minimum atomic E-state index is -0.310. The lowest BCUT2D eigenvalue weighted by molar-refractivity contribution is -0.133. The lowest BCUT2D eigenvalue weighted by Crippen LogP contribution is -2.37. The Morgan fingerprint density at radius 3 is 2.89 bits per heavy atom. The Hall–Kier alpha value is -1.42. The van der Waals surface area contributed by atoms with Crippen molar-refractivity contribution < 1.29 is 9.18 Å². The summed E-state index contributed by atoms with van der Waals surface area (Å²) in [5.41, 5.74) is 6.41. The number of carbonyl (C=O) groups is 1. The van der Waals surface area contributed by atoms with Gasteiger partial charge in [-0.05, 0) is 50.4 Å². The third-order valence-electron chi connectivity index (χ3n) is 4.00. The molecule has 3 unspecified atom stereocenters. The van der Waals surface area contributed by atoms with Crippen molar-refractivity contribution >= 4 is 5.91 Å². The molecule has 3 nitrogen and oxygen atoms in total. The van der Waals surface area contributed by atoms with Gasteiger partial charge in [-0.1, -0.05) is 12.1 Å². The van der Waals surface area contributed by atoms with Crippen LogP contribution in [0.1, 0.15) is 31.7 Å². The van der Waals surface area contributed by atoms with Gasteiger partial charge in [0.05, 0.1) is 5.92 Å². The third-order valence-corrected chi connectivity index (χ3v) is 4.00. The van der Waals surface area contributed by atoms with Crippen LogP contribution < -0.4 is 5.73 Å². The summed E-state index contributed by atoms with van der Waals surface area (Å²) < 4.78 is 13.2. The first-order valence-electron chi connectivity index (χ1n) is 6.79. The van der Waals surface area contributed by atoms with E-state index in [1.165, 1.54) is 12.1 Å². The number of carbonyl (C=O) groups excluding carboxylic acids is 1. The number of benzene rings is 1. The van der Waals surface area contributed by atoms with Crippen molar-refractivity contribution in [1.82, 2.24) is 4.90 Å². The minimum absolute atomic E-state index is 0.0639. The fourth-order valence-corrected chi connectivity index (χ4v) is 2.79. The standard InChI is InChI=1S/C15H21FN2O/c1-10-6-12(8-17)9-18(10)15(19)11(2)13-4-3-5-14(16)7-13/h3-5,7,10-12H,6,8-9,17H2,1-2H3. The second-order valence-corrected chi connectivity index (χ2v) is 5.45. The van der Waals surface area contributed by atoms with Gasteiger partial charge in [-0.15, -0.1) is 0 Å². The molecule has 0 spiro atoms. The molecule has 1 heterocycles. The van der Waals surface area contributed by atoms with E-state index in [0.29, 0.717) is 12.5 Å². The Bertz CT molecular complexity index is 463. The zero-order valence-electron chi connectivity index (χ0n) is 11.5. The van der Waals surface area contributed by atoms with Gasteiger partial charge >= 0.3 is 0 Å². The van der Waals surface area contributed by atoms with Crippen molar-refractivity contribution in [1.29, 1.82) is 0 Å². The van der Waals surface area contributed by atoms with Gasteiger partial charge in [0, 0.05) is 12.6 Å². The van der Waals surface area contributed by atoms with Gasteiger partial charge in [0.15, 0.2) is 0 Å². The van der Waals surface area contributed by atoms with E-state index in [0.717, 1.165) is 18.5 Å². The summed E-state index contributed by atoms with van der Waals surface area (Å²) in [5, 5.41) is 0. The van der Waals surface area contributed by atoms with Crippen molar-refractivity contribution in [3.05, 3.63) is 35.6 Å². The molecule has 0 aliphatic carbocycles. The molecule has 1 saturated heterocycles. The van der Waals surface area contributed by atoms with Crippen molar-refractivity contribution in [2.24, 2.45) is 11.7 Å². The van der Waals surface area contributed by atoms with Crippen LogP contribution in [-0.4, -0.2) is 29.9 Å². The smallest absolute Gasteiger partial charge is 0.230 e. The second kappa shape index (κ2) is 5.70.